The van der Waals surface area contributed by atoms with E-state index < -0.39 is 0 Å². The average molecular weight is 190 g/mol. The Morgan fingerprint density at radius 3 is 3.00 bits per heavy atom. The first kappa shape index (κ1) is 9.22. The van der Waals surface area contributed by atoms with E-state index in [-0.39, 0.29) is 0 Å². The van der Waals surface area contributed by atoms with Crippen molar-refractivity contribution < 1.29 is 0 Å². The first-order valence-corrected chi connectivity index (χ1v) is 4.91. The lowest BCUT2D eigenvalue weighted by Gasteiger charge is -2.07. The highest BCUT2D eigenvalue weighted by Gasteiger charge is 2.21. The van der Waals surface area contributed by atoms with E-state index in [1.807, 2.05) is 4.68 Å². The number of hydrogen-bond acceptors (Lipinski definition) is 3. The quantitative estimate of drug-likeness (QED) is 0.757. The molecule has 4 heteroatoms. The molecule has 1 aromatic rings. The van der Waals surface area contributed by atoms with Crippen LogP contribution in [0.4, 0.5) is 0 Å². The van der Waals surface area contributed by atoms with Gasteiger partial charge in [0.25, 0.3) is 0 Å². The topological polar surface area (TPSA) is 53.6 Å². The van der Waals surface area contributed by atoms with Gasteiger partial charge in [-0.1, -0.05) is 13.8 Å². The predicted molar refractivity (Wildman–Crippen MR) is 52.3 cm³/mol. The lowest BCUT2D eigenvalue weighted by molar-refractivity contribution is 0.465. The molecule has 0 bridgehead atoms. The van der Waals surface area contributed by atoms with Gasteiger partial charge in [0.1, 0.15) is 6.07 Å². The maximum atomic E-state index is 8.90. The molecule has 0 aliphatic carbocycles. The molecule has 0 aromatic carbocycles. The molecule has 4 nitrogen and oxygen atoms in total. The molecule has 14 heavy (non-hydrogen) atoms. The second kappa shape index (κ2) is 3.43. The summed E-state index contributed by atoms with van der Waals surface area (Å²) in [7, 11) is 0. The van der Waals surface area contributed by atoms with E-state index in [0.717, 1.165) is 25.2 Å². The van der Waals surface area contributed by atoms with Gasteiger partial charge in [-0.3, -0.25) is 4.68 Å². The fraction of sp³-hybridized carbons (Fsp3) is 0.600. The Balaban J connectivity index is 2.38. The summed E-state index contributed by atoms with van der Waals surface area (Å²) in [5.74, 6) is 0.561. The highest BCUT2D eigenvalue weighted by Crippen LogP contribution is 2.19. The zero-order chi connectivity index (χ0) is 10.1. The minimum Gasteiger partial charge on any atom is -0.307 e. The molecular formula is C10H14N4. The van der Waals surface area contributed by atoms with E-state index in [0.29, 0.717) is 11.6 Å². The number of nitriles is 1. The molecule has 0 amide bonds. The summed E-state index contributed by atoms with van der Waals surface area (Å²) in [5.41, 5.74) is 2.87. The maximum absolute atomic E-state index is 8.90. The minimum atomic E-state index is 0.561. The molecule has 2 rings (SSSR count). The van der Waals surface area contributed by atoms with Crippen LogP contribution in [0.5, 0.6) is 0 Å². The van der Waals surface area contributed by atoms with E-state index >= 15 is 0 Å². The van der Waals surface area contributed by atoms with Gasteiger partial charge in [-0.05, 0) is 5.92 Å². The van der Waals surface area contributed by atoms with Crippen molar-refractivity contribution in [2.75, 3.05) is 0 Å². The van der Waals surface area contributed by atoms with Crippen molar-refractivity contribution in [3.63, 3.8) is 0 Å². The number of rotatable bonds is 2. The van der Waals surface area contributed by atoms with E-state index in [9.17, 15) is 0 Å². The average Bonchev–Trinajstić information content (AvgIpc) is 2.67. The zero-order valence-corrected chi connectivity index (χ0v) is 8.54. The molecule has 0 radical (unpaired) electrons. The molecule has 0 spiro atoms. The molecule has 0 atom stereocenters. The monoisotopic (exact) mass is 190 g/mol. The van der Waals surface area contributed by atoms with Crippen LogP contribution in [-0.2, 0) is 19.6 Å². The maximum Gasteiger partial charge on any atom is 0.167 e. The number of fused-ring (bicyclic) bond motifs is 1. The summed E-state index contributed by atoms with van der Waals surface area (Å²) < 4.78 is 1.97. The summed E-state index contributed by atoms with van der Waals surface area (Å²) in [5, 5.41) is 16.4. The Labute approximate surface area is 83.5 Å². The Kier molecular flexibility index (Phi) is 2.26. The zero-order valence-electron chi connectivity index (χ0n) is 8.54. The minimum absolute atomic E-state index is 0.561. The van der Waals surface area contributed by atoms with Crippen molar-refractivity contribution in [3.05, 3.63) is 17.0 Å². The van der Waals surface area contributed by atoms with Crippen molar-refractivity contribution in [2.24, 2.45) is 5.92 Å². The van der Waals surface area contributed by atoms with Crippen LogP contribution >= 0.6 is 0 Å². The van der Waals surface area contributed by atoms with Crippen molar-refractivity contribution in [1.29, 1.82) is 5.26 Å². The number of hydrogen-bond donors (Lipinski definition) is 1. The Hall–Kier alpha value is -1.34. The molecule has 74 valence electrons. The molecule has 0 saturated heterocycles. The fourth-order valence-electron chi connectivity index (χ4n) is 1.81. The van der Waals surface area contributed by atoms with Crippen molar-refractivity contribution in [3.8, 4) is 6.07 Å². The summed E-state index contributed by atoms with van der Waals surface area (Å²) in [6, 6.07) is 2.15. The van der Waals surface area contributed by atoms with Crippen molar-refractivity contribution in [1.82, 2.24) is 15.1 Å². The van der Waals surface area contributed by atoms with Gasteiger partial charge in [0, 0.05) is 25.2 Å². The molecular weight excluding hydrogens is 176 g/mol. The van der Waals surface area contributed by atoms with Gasteiger partial charge in [0.2, 0.25) is 0 Å². The summed E-state index contributed by atoms with van der Waals surface area (Å²) in [6.45, 7) is 6.84. The lowest BCUT2D eigenvalue weighted by Crippen LogP contribution is -2.12. The molecule has 0 unspecified atom stereocenters. The second-order valence-corrected chi connectivity index (χ2v) is 4.07. The lowest BCUT2D eigenvalue weighted by atomic mass is 10.2. The van der Waals surface area contributed by atoms with Crippen LogP contribution in [0.2, 0.25) is 0 Å². The van der Waals surface area contributed by atoms with Crippen LogP contribution in [0.25, 0.3) is 0 Å². The molecule has 2 heterocycles. The standard InChI is InChI=1S/C10H14N4/c1-7(2)6-14-10-5-12-4-8(10)9(3-11)13-14/h7,12H,4-6H2,1-2H3. The van der Waals surface area contributed by atoms with Crippen LogP contribution in [0.15, 0.2) is 0 Å². The molecule has 1 aromatic heterocycles. The van der Waals surface area contributed by atoms with Gasteiger partial charge in [-0.25, -0.2) is 0 Å². The number of nitrogens with one attached hydrogen (secondary N) is 1. The highest BCUT2D eigenvalue weighted by molar-refractivity contribution is 5.37. The second-order valence-electron chi connectivity index (χ2n) is 4.07. The third-order valence-corrected chi connectivity index (χ3v) is 2.40. The largest absolute Gasteiger partial charge is 0.307 e. The first-order chi connectivity index (χ1) is 6.72. The molecule has 1 aliphatic rings. The third-order valence-electron chi connectivity index (χ3n) is 2.40. The van der Waals surface area contributed by atoms with Gasteiger partial charge < -0.3 is 5.32 Å². The first-order valence-electron chi connectivity index (χ1n) is 4.91. The summed E-state index contributed by atoms with van der Waals surface area (Å²) in [6.07, 6.45) is 0. The Bertz CT molecular complexity index is 384. The van der Waals surface area contributed by atoms with E-state index in [1.54, 1.807) is 0 Å². The van der Waals surface area contributed by atoms with Gasteiger partial charge >= 0.3 is 0 Å². The van der Waals surface area contributed by atoms with Crippen LogP contribution in [0.3, 0.4) is 0 Å². The summed E-state index contributed by atoms with van der Waals surface area (Å²) >= 11 is 0. The van der Waals surface area contributed by atoms with Crippen LogP contribution in [0, 0.1) is 17.2 Å². The molecule has 1 N–H and O–H groups in total. The molecule has 1 aliphatic heterocycles. The van der Waals surface area contributed by atoms with Crippen molar-refractivity contribution in [2.45, 2.75) is 33.5 Å². The van der Waals surface area contributed by atoms with Gasteiger partial charge in [-0.2, -0.15) is 10.4 Å². The van der Waals surface area contributed by atoms with Crippen LogP contribution in [0.1, 0.15) is 30.8 Å². The van der Waals surface area contributed by atoms with E-state index in [4.69, 9.17) is 5.26 Å². The molecule has 0 fully saturated rings. The third kappa shape index (κ3) is 1.40. The predicted octanol–water partition coefficient (Wildman–Crippen LogP) is 1.01. The Morgan fingerprint density at radius 2 is 2.36 bits per heavy atom. The SMILES string of the molecule is CC(C)Cn1nc(C#N)c2c1CNC2. The van der Waals surface area contributed by atoms with Gasteiger partial charge in [-0.15, -0.1) is 0 Å². The van der Waals surface area contributed by atoms with E-state index in [2.05, 4.69) is 30.3 Å². The fourth-order valence-corrected chi connectivity index (χ4v) is 1.81. The van der Waals surface area contributed by atoms with Gasteiger partial charge in [0.05, 0.1) is 5.69 Å². The van der Waals surface area contributed by atoms with Crippen LogP contribution < -0.4 is 5.32 Å². The van der Waals surface area contributed by atoms with E-state index in [1.165, 1.54) is 5.69 Å². The van der Waals surface area contributed by atoms with Crippen LogP contribution in [-0.4, -0.2) is 9.78 Å². The van der Waals surface area contributed by atoms with Gasteiger partial charge in [0.15, 0.2) is 5.69 Å². The number of nitrogens with zero attached hydrogens (tertiary/aromatic N) is 3. The molecule has 0 saturated carbocycles. The highest BCUT2D eigenvalue weighted by atomic mass is 15.3. The number of aromatic nitrogens is 2. The van der Waals surface area contributed by atoms with Crippen molar-refractivity contribution >= 4 is 0 Å². The smallest absolute Gasteiger partial charge is 0.167 e. The normalized spacial score (nSPS) is 14.4. The summed E-state index contributed by atoms with van der Waals surface area (Å²) in [4.78, 5) is 0. The Morgan fingerprint density at radius 1 is 1.57 bits per heavy atom.